The van der Waals surface area contributed by atoms with Crippen LogP contribution in [0.2, 0.25) is 0 Å². The van der Waals surface area contributed by atoms with Gasteiger partial charge in [0.25, 0.3) is 0 Å². The Kier molecular flexibility index (Phi) is 21.4. The topological polar surface area (TPSA) is 46.1 Å². The largest absolute Gasteiger partial charge is 2.00 e. The van der Waals surface area contributed by atoms with Crippen LogP contribution in [0, 0.1) is 0 Å². The molecule has 0 amide bonds. The summed E-state index contributed by atoms with van der Waals surface area (Å²) in [6.45, 7) is 4.53. The molecule has 0 fully saturated rings. The summed E-state index contributed by atoms with van der Waals surface area (Å²) in [6.07, 6.45) is 26.3. The molecule has 2 aromatic carbocycles. The second-order valence-corrected chi connectivity index (χ2v) is 11.2. The van der Waals surface area contributed by atoms with Gasteiger partial charge >= 0.3 is 37.7 Å². The zero-order valence-corrected chi connectivity index (χ0v) is 27.0. The molecule has 0 heterocycles. The molecule has 2 aromatic rings. The first-order valence-corrected chi connectivity index (χ1v) is 15.7. The minimum absolute atomic E-state index is 0. The third kappa shape index (κ3) is 15.8. The summed E-state index contributed by atoms with van der Waals surface area (Å²) in [5, 5.41) is 25.1. The maximum atomic E-state index is 12.5. The number of hydrogen-bond acceptors (Lipinski definition) is 2. The molecule has 0 aliphatic carbocycles. The fraction of sp³-hybridized carbons (Fsp3) is 0.657. The summed E-state index contributed by atoms with van der Waals surface area (Å²) in [5.74, 6) is 0.110. The summed E-state index contributed by atoms with van der Waals surface area (Å²) in [5.41, 5.74) is 4.00. The van der Waals surface area contributed by atoms with Crippen LogP contribution >= 0.6 is 0 Å². The molecule has 0 saturated carbocycles. The maximum Gasteiger partial charge on any atom is 2.00 e. The SMILES string of the molecule is CCCCCCCCCCCc1ccc([O-])c(Cc2cc(CCCCCCCCCCC)ccc2[O-])c1.[Ca+2]. The van der Waals surface area contributed by atoms with Gasteiger partial charge in [-0.2, -0.15) is 0 Å². The van der Waals surface area contributed by atoms with Gasteiger partial charge in [0.15, 0.2) is 0 Å². The van der Waals surface area contributed by atoms with Crippen LogP contribution in [-0.4, -0.2) is 37.7 Å². The summed E-state index contributed by atoms with van der Waals surface area (Å²) in [4.78, 5) is 0. The number of unbranched alkanes of at least 4 members (excludes halogenated alkanes) is 16. The van der Waals surface area contributed by atoms with Crippen LogP contribution in [0.3, 0.4) is 0 Å². The van der Waals surface area contributed by atoms with Gasteiger partial charge in [-0.1, -0.05) is 164 Å². The summed E-state index contributed by atoms with van der Waals surface area (Å²) >= 11 is 0. The Morgan fingerprint density at radius 3 is 1.11 bits per heavy atom. The monoisotopic (exact) mass is 546 g/mol. The van der Waals surface area contributed by atoms with E-state index in [1.54, 1.807) is 12.1 Å². The summed E-state index contributed by atoms with van der Waals surface area (Å²) < 4.78 is 0. The summed E-state index contributed by atoms with van der Waals surface area (Å²) in [6, 6.07) is 11.5. The van der Waals surface area contributed by atoms with E-state index in [1.165, 1.54) is 127 Å². The molecule has 3 heteroatoms. The molecular formula is C35H54CaO2. The van der Waals surface area contributed by atoms with Crippen molar-refractivity contribution in [3.63, 3.8) is 0 Å². The van der Waals surface area contributed by atoms with E-state index < -0.39 is 0 Å². The number of aryl methyl sites for hydroxylation is 2. The van der Waals surface area contributed by atoms with E-state index in [0.717, 1.165) is 24.0 Å². The van der Waals surface area contributed by atoms with Crippen molar-refractivity contribution in [3.8, 4) is 11.5 Å². The van der Waals surface area contributed by atoms with Crippen molar-refractivity contribution in [1.29, 1.82) is 0 Å². The molecule has 0 aliphatic rings. The Morgan fingerprint density at radius 2 is 0.763 bits per heavy atom. The van der Waals surface area contributed by atoms with Crippen molar-refractivity contribution < 1.29 is 10.2 Å². The van der Waals surface area contributed by atoms with E-state index in [9.17, 15) is 10.2 Å². The van der Waals surface area contributed by atoms with Crippen LogP contribution < -0.4 is 10.2 Å². The molecule has 0 aromatic heterocycles. The van der Waals surface area contributed by atoms with Crippen LogP contribution in [0.15, 0.2) is 36.4 Å². The van der Waals surface area contributed by atoms with Gasteiger partial charge in [0.1, 0.15) is 0 Å². The van der Waals surface area contributed by atoms with Crippen LogP contribution in [0.25, 0.3) is 0 Å². The molecule has 0 unspecified atom stereocenters. The van der Waals surface area contributed by atoms with Crippen molar-refractivity contribution in [2.75, 3.05) is 0 Å². The van der Waals surface area contributed by atoms with E-state index in [-0.39, 0.29) is 49.2 Å². The van der Waals surface area contributed by atoms with Gasteiger partial charge in [0, 0.05) is 0 Å². The fourth-order valence-corrected chi connectivity index (χ4v) is 5.34. The molecule has 0 radical (unpaired) electrons. The molecule has 0 N–H and O–H groups in total. The van der Waals surface area contributed by atoms with Gasteiger partial charge in [0.05, 0.1) is 0 Å². The van der Waals surface area contributed by atoms with Crippen molar-refractivity contribution in [2.24, 2.45) is 0 Å². The van der Waals surface area contributed by atoms with Gasteiger partial charge in [0.2, 0.25) is 0 Å². The van der Waals surface area contributed by atoms with Crippen LogP contribution in [-0.2, 0) is 19.3 Å². The Balaban J connectivity index is 0.00000722. The predicted octanol–water partition coefficient (Wildman–Crippen LogP) is 9.19. The number of benzene rings is 2. The molecule has 38 heavy (non-hydrogen) atoms. The van der Waals surface area contributed by atoms with Crippen molar-refractivity contribution in [1.82, 2.24) is 0 Å². The Labute approximate surface area is 265 Å². The van der Waals surface area contributed by atoms with E-state index >= 15 is 0 Å². The minimum Gasteiger partial charge on any atom is -0.872 e. The van der Waals surface area contributed by atoms with E-state index in [1.807, 2.05) is 12.1 Å². The van der Waals surface area contributed by atoms with E-state index in [4.69, 9.17) is 0 Å². The quantitative estimate of drug-likeness (QED) is 0.109. The first-order chi connectivity index (χ1) is 18.1. The van der Waals surface area contributed by atoms with E-state index in [0.29, 0.717) is 6.42 Å². The van der Waals surface area contributed by atoms with Gasteiger partial charge in [-0.05, 0) is 43.2 Å². The molecule has 2 rings (SSSR count). The maximum absolute atomic E-state index is 12.5. The zero-order chi connectivity index (χ0) is 26.6. The zero-order valence-electron chi connectivity index (χ0n) is 24.8. The molecule has 0 saturated heterocycles. The van der Waals surface area contributed by atoms with Crippen LogP contribution in [0.4, 0.5) is 0 Å². The van der Waals surface area contributed by atoms with Gasteiger partial charge in [-0.25, -0.2) is 0 Å². The third-order valence-corrected chi connectivity index (χ3v) is 7.77. The van der Waals surface area contributed by atoms with Crippen LogP contribution in [0.5, 0.6) is 11.5 Å². The average molecular weight is 547 g/mol. The molecule has 0 bridgehead atoms. The van der Waals surface area contributed by atoms with E-state index in [2.05, 4.69) is 26.0 Å². The Morgan fingerprint density at radius 1 is 0.447 bits per heavy atom. The van der Waals surface area contributed by atoms with Crippen LogP contribution in [0.1, 0.15) is 152 Å². The average Bonchev–Trinajstić information content (AvgIpc) is 2.90. The molecule has 0 spiro atoms. The molecule has 208 valence electrons. The smallest absolute Gasteiger partial charge is 0.872 e. The molecule has 0 atom stereocenters. The second kappa shape index (κ2) is 23.0. The van der Waals surface area contributed by atoms with Gasteiger partial charge < -0.3 is 10.2 Å². The first kappa shape index (κ1) is 35.3. The van der Waals surface area contributed by atoms with Crippen molar-refractivity contribution in [2.45, 2.75) is 149 Å². The Bertz CT molecular complexity index is 778. The summed E-state index contributed by atoms with van der Waals surface area (Å²) in [7, 11) is 0. The minimum atomic E-state index is 0. The first-order valence-electron chi connectivity index (χ1n) is 15.7. The predicted molar refractivity (Wildman–Crippen MR) is 162 cm³/mol. The number of hydrogen-bond donors (Lipinski definition) is 0. The molecule has 2 nitrogen and oxygen atoms in total. The van der Waals surface area contributed by atoms with Gasteiger partial charge in [-0.3, -0.25) is 0 Å². The van der Waals surface area contributed by atoms with Gasteiger partial charge in [-0.15, -0.1) is 11.5 Å². The second-order valence-electron chi connectivity index (χ2n) is 11.2. The van der Waals surface area contributed by atoms with Crippen molar-refractivity contribution in [3.05, 3.63) is 58.7 Å². The normalized spacial score (nSPS) is 11.0. The fourth-order valence-electron chi connectivity index (χ4n) is 5.34. The molecular weight excluding hydrogens is 492 g/mol. The standard InChI is InChI=1S/C35H56O2.Ca/c1-3-5-7-9-11-13-15-17-19-21-30-23-25-34(36)32(27-30)29-33-28-31(24-26-35(33)37)22-20-18-16-14-12-10-8-6-4-2;/h23-28,36-37H,3-22,29H2,1-2H3;/q;+2/p-2. The Hall–Kier alpha value is -0.700. The third-order valence-electron chi connectivity index (χ3n) is 7.77. The van der Waals surface area contributed by atoms with Crippen molar-refractivity contribution >= 4 is 37.7 Å². The molecule has 0 aliphatic heterocycles. The number of rotatable bonds is 22.